The topological polar surface area (TPSA) is 70.7 Å². The lowest BCUT2D eigenvalue weighted by atomic mass is 9.86. The summed E-state index contributed by atoms with van der Waals surface area (Å²) in [5.74, 6) is 0.924. The normalized spacial score (nSPS) is 23.5. The maximum atomic E-state index is 12.4. The van der Waals surface area contributed by atoms with Gasteiger partial charge in [-0.05, 0) is 56.3 Å². The summed E-state index contributed by atoms with van der Waals surface area (Å²) in [7, 11) is 1.65. The average Bonchev–Trinajstić information content (AvgIpc) is 3.01. The van der Waals surface area contributed by atoms with Crippen LogP contribution in [-0.4, -0.2) is 55.5 Å². The SMILES string of the molecule is COc1ccc(CCNC(=O)CN2CCCC23CCCNC3=O)cc1. The lowest BCUT2D eigenvalue weighted by molar-refractivity contribution is -0.136. The molecule has 2 aliphatic heterocycles. The standard InChI is InChI=1S/C19H27N3O3/c1-25-16-6-4-15(5-7-16)8-12-20-17(23)14-22-13-3-10-19(22)9-2-11-21-18(19)24/h4-7H,2-3,8-14H2,1H3,(H,20,23)(H,21,24). The Morgan fingerprint density at radius 1 is 1.28 bits per heavy atom. The fourth-order valence-electron chi connectivity index (χ4n) is 3.93. The highest BCUT2D eigenvalue weighted by Crippen LogP contribution is 2.35. The maximum Gasteiger partial charge on any atom is 0.240 e. The number of carbonyl (C=O) groups excluding carboxylic acids is 2. The molecule has 6 nitrogen and oxygen atoms in total. The molecule has 1 spiro atoms. The van der Waals surface area contributed by atoms with Crippen molar-refractivity contribution >= 4 is 11.8 Å². The molecule has 2 fully saturated rings. The third kappa shape index (κ3) is 3.95. The summed E-state index contributed by atoms with van der Waals surface area (Å²) in [6.45, 7) is 2.47. The second-order valence-electron chi connectivity index (χ2n) is 6.86. The number of ether oxygens (including phenoxy) is 1. The first-order valence-electron chi connectivity index (χ1n) is 9.07. The summed E-state index contributed by atoms with van der Waals surface area (Å²) < 4.78 is 5.14. The van der Waals surface area contributed by atoms with E-state index < -0.39 is 5.54 Å². The van der Waals surface area contributed by atoms with Crippen LogP contribution in [0.5, 0.6) is 5.75 Å². The van der Waals surface area contributed by atoms with Crippen molar-refractivity contribution in [1.29, 1.82) is 0 Å². The highest BCUT2D eigenvalue weighted by atomic mass is 16.5. The molecule has 2 aliphatic rings. The number of benzene rings is 1. The van der Waals surface area contributed by atoms with Crippen molar-refractivity contribution in [1.82, 2.24) is 15.5 Å². The molecule has 2 amide bonds. The van der Waals surface area contributed by atoms with Crippen LogP contribution in [0.4, 0.5) is 0 Å². The minimum Gasteiger partial charge on any atom is -0.497 e. The minimum absolute atomic E-state index is 0.00633. The quantitative estimate of drug-likeness (QED) is 0.810. The van der Waals surface area contributed by atoms with Crippen LogP contribution in [0.3, 0.4) is 0 Å². The zero-order valence-corrected chi connectivity index (χ0v) is 14.8. The van der Waals surface area contributed by atoms with Crippen molar-refractivity contribution in [2.45, 2.75) is 37.6 Å². The number of nitrogens with zero attached hydrogens (tertiary/aromatic N) is 1. The van der Waals surface area contributed by atoms with Crippen molar-refractivity contribution in [2.24, 2.45) is 0 Å². The van der Waals surface area contributed by atoms with E-state index in [0.29, 0.717) is 13.1 Å². The molecular formula is C19H27N3O3. The first-order chi connectivity index (χ1) is 12.1. The molecule has 0 aliphatic carbocycles. The molecule has 6 heteroatoms. The van der Waals surface area contributed by atoms with E-state index in [2.05, 4.69) is 15.5 Å². The molecule has 0 saturated carbocycles. The van der Waals surface area contributed by atoms with Crippen LogP contribution < -0.4 is 15.4 Å². The van der Waals surface area contributed by atoms with Gasteiger partial charge >= 0.3 is 0 Å². The summed E-state index contributed by atoms with van der Waals surface area (Å²) in [5, 5.41) is 5.95. The Morgan fingerprint density at radius 2 is 2.04 bits per heavy atom. The third-order valence-electron chi connectivity index (χ3n) is 5.33. The van der Waals surface area contributed by atoms with Gasteiger partial charge in [0.25, 0.3) is 0 Å². The lowest BCUT2D eigenvalue weighted by Gasteiger charge is -2.39. The lowest BCUT2D eigenvalue weighted by Crippen LogP contribution is -2.60. The van der Waals surface area contributed by atoms with Gasteiger partial charge in [-0.2, -0.15) is 0 Å². The van der Waals surface area contributed by atoms with Crippen LogP contribution in [0.25, 0.3) is 0 Å². The van der Waals surface area contributed by atoms with Gasteiger partial charge in [0.2, 0.25) is 11.8 Å². The van der Waals surface area contributed by atoms with Gasteiger partial charge in [-0.25, -0.2) is 0 Å². The van der Waals surface area contributed by atoms with Crippen LogP contribution in [-0.2, 0) is 16.0 Å². The number of nitrogens with one attached hydrogen (secondary N) is 2. The molecule has 1 atom stereocenters. The summed E-state index contributed by atoms with van der Waals surface area (Å²) in [5.41, 5.74) is 0.705. The van der Waals surface area contributed by atoms with Gasteiger partial charge in [-0.3, -0.25) is 14.5 Å². The smallest absolute Gasteiger partial charge is 0.240 e. The number of piperidine rings is 1. The Hall–Kier alpha value is -2.08. The molecular weight excluding hydrogens is 318 g/mol. The van der Waals surface area contributed by atoms with E-state index in [1.807, 2.05) is 24.3 Å². The predicted molar refractivity (Wildman–Crippen MR) is 95.5 cm³/mol. The molecule has 2 heterocycles. The molecule has 136 valence electrons. The molecule has 0 radical (unpaired) electrons. The van der Waals surface area contributed by atoms with Gasteiger partial charge in [0.15, 0.2) is 0 Å². The zero-order valence-electron chi connectivity index (χ0n) is 14.8. The molecule has 1 aromatic rings. The van der Waals surface area contributed by atoms with Crippen molar-refractivity contribution in [2.75, 3.05) is 33.3 Å². The van der Waals surface area contributed by atoms with Gasteiger partial charge < -0.3 is 15.4 Å². The molecule has 25 heavy (non-hydrogen) atoms. The molecule has 2 saturated heterocycles. The number of methoxy groups -OCH3 is 1. The van der Waals surface area contributed by atoms with Crippen molar-refractivity contribution in [3.05, 3.63) is 29.8 Å². The molecule has 1 unspecified atom stereocenters. The largest absolute Gasteiger partial charge is 0.497 e. The summed E-state index contributed by atoms with van der Waals surface area (Å²) >= 11 is 0. The molecule has 1 aromatic carbocycles. The third-order valence-corrected chi connectivity index (χ3v) is 5.33. The monoisotopic (exact) mass is 345 g/mol. The Labute approximate surface area is 148 Å². The van der Waals surface area contributed by atoms with Crippen LogP contribution >= 0.6 is 0 Å². The van der Waals surface area contributed by atoms with E-state index in [-0.39, 0.29) is 11.8 Å². The first-order valence-corrected chi connectivity index (χ1v) is 9.07. The van der Waals surface area contributed by atoms with E-state index in [9.17, 15) is 9.59 Å². The van der Waals surface area contributed by atoms with Crippen molar-refractivity contribution < 1.29 is 14.3 Å². The highest BCUT2D eigenvalue weighted by molar-refractivity contribution is 5.88. The highest BCUT2D eigenvalue weighted by Gasteiger charge is 2.48. The van der Waals surface area contributed by atoms with Crippen molar-refractivity contribution in [3.63, 3.8) is 0 Å². The molecule has 3 rings (SSSR count). The van der Waals surface area contributed by atoms with E-state index in [1.54, 1.807) is 7.11 Å². The van der Waals surface area contributed by atoms with Crippen LogP contribution in [0.1, 0.15) is 31.2 Å². The predicted octanol–water partition coefficient (Wildman–Crippen LogP) is 1.10. The summed E-state index contributed by atoms with van der Waals surface area (Å²) in [4.78, 5) is 26.8. The minimum atomic E-state index is -0.453. The number of carbonyl (C=O) groups is 2. The Morgan fingerprint density at radius 3 is 2.76 bits per heavy atom. The fraction of sp³-hybridized carbons (Fsp3) is 0.579. The Kier molecular flexibility index (Phi) is 5.58. The van der Waals surface area contributed by atoms with Gasteiger partial charge in [-0.1, -0.05) is 12.1 Å². The van der Waals surface area contributed by atoms with Gasteiger partial charge in [0.05, 0.1) is 13.7 Å². The van der Waals surface area contributed by atoms with Crippen molar-refractivity contribution in [3.8, 4) is 5.75 Å². The summed E-state index contributed by atoms with van der Waals surface area (Å²) in [6.07, 6.45) is 4.46. The number of hydrogen-bond donors (Lipinski definition) is 2. The molecule has 2 N–H and O–H groups in total. The second kappa shape index (κ2) is 7.87. The van der Waals surface area contributed by atoms with E-state index >= 15 is 0 Å². The van der Waals surface area contributed by atoms with Crippen LogP contribution in [0.15, 0.2) is 24.3 Å². The fourth-order valence-corrected chi connectivity index (χ4v) is 3.93. The Balaban J connectivity index is 1.47. The number of likely N-dealkylation sites (tertiary alicyclic amines) is 1. The van der Waals surface area contributed by atoms with E-state index in [4.69, 9.17) is 4.74 Å². The molecule has 0 bridgehead atoms. The summed E-state index contributed by atoms with van der Waals surface area (Å²) in [6, 6.07) is 7.86. The number of amides is 2. The Bertz CT molecular complexity index is 617. The maximum absolute atomic E-state index is 12.4. The number of hydrogen-bond acceptors (Lipinski definition) is 4. The van der Waals surface area contributed by atoms with E-state index in [0.717, 1.165) is 56.5 Å². The van der Waals surface area contributed by atoms with Gasteiger partial charge in [0.1, 0.15) is 11.3 Å². The zero-order chi connectivity index (χ0) is 17.7. The second-order valence-corrected chi connectivity index (χ2v) is 6.86. The van der Waals surface area contributed by atoms with Gasteiger partial charge in [-0.15, -0.1) is 0 Å². The average molecular weight is 345 g/mol. The van der Waals surface area contributed by atoms with Crippen LogP contribution in [0.2, 0.25) is 0 Å². The number of rotatable bonds is 6. The van der Waals surface area contributed by atoms with Crippen LogP contribution in [0, 0.1) is 0 Å². The molecule has 0 aromatic heterocycles. The van der Waals surface area contributed by atoms with Gasteiger partial charge in [0, 0.05) is 13.1 Å². The van der Waals surface area contributed by atoms with E-state index in [1.165, 1.54) is 0 Å². The first kappa shape index (κ1) is 17.7.